The molecule has 0 aromatic carbocycles. The molecule has 0 aliphatic heterocycles. The Morgan fingerprint density at radius 3 is 2.00 bits per heavy atom. The molecule has 1 aromatic rings. The third-order valence-corrected chi connectivity index (χ3v) is 6.09. The predicted octanol–water partition coefficient (Wildman–Crippen LogP) is 5.21. The summed E-state index contributed by atoms with van der Waals surface area (Å²) in [5.41, 5.74) is 6.13. The SMILES string of the molecule is Cc1sc(C(CN)N(CCC(C)C)CCC(C)C)cc1Br. The van der Waals surface area contributed by atoms with Crippen LogP contribution in [0.25, 0.3) is 0 Å². The van der Waals surface area contributed by atoms with E-state index in [0.29, 0.717) is 12.6 Å². The number of nitrogens with two attached hydrogens (primary N) is 1. The van der Waals surface area contributed by atoms with Gasteiger partial charge < -0.3 is 5.73 Å². The molecule has 2 nitrogen and oxygen atoms in total. The number of hydrogen-bond donors (Lipinski definition) is 1. The summed E-state index contributed by atoms with van der Waals surface area (Å²) in [4.78, 5) is 5.34. The number of halogens is 1. The number of thiophene rings is 1. The van der Waals surface area contributed by atoms with Gasteiger partial charge in [-0.25, -0.2) is 0 Å². The molecule has 1 heterocycles. The molecule has 1 rings (SSSR count). The average Bonchev–Trinajstić information content (AvgIpc) is 2.72. The van der Waals surface area contributed by atoms with Gasteiger partial charge in [-0.3, -0.25) is 4.90 Å². The molecule has 1 aromatic heterocycles. The molecule has 0 aliphatic rings. The molecule has 0 spiro atoms. The Kier molecular flexibility index (Phi) is 8.47. The first-order chi connectivity index (χ1) is 9.85. The van der Waals surface area contributed by atoms with Crippen LogP contribution in [0.3, 0.4) is 0 Å². The van der Waals surface area contributed by atoms with Gasteiger partial charge in [0.2, 0.25) is 0 Å². The maximum atomic E-state index is 6.13. The smallest absolute Gasteiger partial charge is 0.0564 e. The van der Waals surface area contributed by atoms with Crippen LogP contribution in [0.4, 0.5) is 0 Å². The van der Waals surface area contributed by atoms with E-state index in [0.717, 1.165) is 24.9 Å². The van der Waals surface area contributed by atoms with Crippen LogP contribution in [-0.4, -0.2) is 24.5 Å². The van der Waals surface area contributed by atoms with Crippen molar-refractivity contribution in [1.82, 2.24) is 4.90 Å². The molecule has 0 bridgehead atoms. The van der Waals surface area contributed by atoms with Gasteiger partial charge in [0.25, 0.3) is 0 Å². The maximum absolute atomic E-state index is 6.13. The highest BCUT2D eigenvalue weighted by Gasteiger charge is 2.21. The van der Waals surface area contributed by atoms with Crippen LogP contribution in [0, 0.1) is 18.8 Å². The van der Waals surface area contributed by atoms with Crippen molar-refractivity contribution in [2.24, 2.45) is 17.6 Å². The Morgan fingerprint density at radius 1 is 1.14 bits per heavy atom. The number of rotatable bonds is 9. The fourth-order valence-corrected chi connectivity index (χ4v) is 4.07. The van der Waals surface area contributed by atoms with E-state index >= 15 is 0 Å². The third kappa shape index (κ3) is 6.39. The molecule has 1 unspecified atom stereocenters. The molecule has 0 amide bonds. The van der Waals surface area contributed by atoms with Crippen molar-refractivity contribution in [3.63, 3.8) is 0 Å². The Hall–Kier alpha value is 0.100. The largest absolute Gasteiger partial charge is 0.329 e. The minimum absolute atomic E-state index is 0.359. The monoisotopic (exact) mass is 374 g/mol. The van der Waals surface area contributed by atoms with Gasteiger partial charge in [-0.1, -0.05) is 27.7 Å². The maximum Gasteiger partial charge on any atom is 0.0564 e. The van der Waals surface area contributed by atoms with Crippen molar-refractivity contribution in [3.8, 4) is 0 Å². The molecule has 2 N–H and O–H groups in total. The summed E-state index contributed by atoms with van der Waals surface area (Å²) in [5.74, 6) is 1.48. The molecule has 1 atom stereocenters. The van der Waals surface area contributed by atoms with Crippen molar-refractivity contribution in [3.05, 3.63) is 20.3 Å². The van der Waals surface area contributed by atoms with Crippen LogP contribution in [-0.2, 0) is 0 Å². The van der Waals surface area contributed by atoms with Crippen LogP contribution in [0.5, 0.6) is 0 Å². The highest BCUT2D eigenvalue weighted by Crippen LogP contribution is 2.33. The standard InChI is InChI=1S/C17H31BrN2S/c1-12(2)6-8-20(9-7-13(3)4)16(11-19)17-10-15(18)14(5)21-17/h10,12-13,16H,6-9,11,19H2,1-5H3. The van der Waals surface area contributed by atoms with Gasteiger partial charge in [0, 0.05) is 20.8 Å². The van der Waals surface area contributed by atoms with Crippen LogP contribution >= 0.6 is 27.3 Å². The van der Waals surface area contributed by atoms with E-state index < -0.39 is 0 Å². The van der Waals surface area contributed by atoms with Gasteiger partial charge in [0.15, 0.2) is 0 Å². The van der Waals surface area contributed by atoms with E-state index in [9.17, 15) is 0 Å². The normalized spacial score (nSPS) is 13.6. The molecule has 0 fully saturated rings. The first-order valence-corrected chi connectivity index (χ1v) is 9.66. The summed E-state index contributed by atoms with van der Waals surface area (Å²) in [7, 11) is 0. The van der Waals surface area contributed by atoms with E-state index in [1.54, 1.807) is 0 Å². The molecule has 0 saturated heterocycles. The molecular formula is C17H31BrN2S. The molecule has 0 radical (unpaired) electrons. The second-order valence-electron chi connectivity index (χ2n) is 6.71. The number of hydrogen-bond acceptors (Lipinski definition) is 3. The Bertz CT molecular complexity index is 383. The number of nitrogens with zero attached hydrogens (tertiary/aromatic N) is 1. The first-order valence-electron chi connectivity index (χ1n) is 8.05. The van der Waals surface area contributed by atoms with E-state index in [1.165, 1.54) is 27.1 Å². The van der Waals surface area contributed by atoms with E-state index in [4.69, 9.17) is 5.73 Å². The summed E-state index contributed by atoms with van der Waals surface area (Å²) < 4.78 is 1.22. The zero-order chi connectivity index (χ0) is 16.0. The molecular weight excluding hydrogens is 344 g/mol. The van der Waals surface area contributed by atoms with Gasteiger partial charge in [0.1, 0.15) is 0 Å². The summed E-state index contributed by atoms with van der Waals surface area (Å²) >= 11 is 5.51. The van der Waals surface area contributed by atoms with Crippen LogP contribution < -0.4 is 5.73 Å². The van der Waals surface area contributed by atoms with Crippen molar-refractivity contribution in [2.75, 3.05) is 19.6 Å². The molecule has 21 heavy (non-hydrogen) atoms. The quantitative estimate of drug-likeness (QED) is 0.642. The lowest BCUT2D eigenvalue weighted by molar-refractivity contribution is 0.183. The molecule has 0 aliphatic carbocycles. The van der Waals surface area contributed by atoms with Crippen molar-refractivity contribution < 1.29 is 0 Å². The first kappa shape index (κ1) is 19.1. The minimum Gasteiger partial charge on any atom is -0.329 e. The van der Waals surface area contributed by atoms with Gasteiger partial charge in [0.05, 0.1) is 6.04 Å². The van der Waals surface area contributed by atoms with Crippen molar-refractivity contribution in [2.45, 2.75) is 53.5 Å². The average molecular weight is 375 g/mol. The Balaban J connectivity index is 2.84. The fourth-order valence-electron chi connectivity index (χ4n) is 2.36. The van der Waals surface area contributed by atoms with Gasteiger partial charge in [-0.05, 0) is 66.7 Å². The topological polar surface area (TPSA) is 29.3 Å². The van der Waals surface area contributed by atoms with Crippen LogP contribution in [0.15, 0.2) is 10.5 Å². The van der Waals surface area contributed by atoms with Crippen LogP contribution in [0.2, 0.25) is 0 Å². The van der Waals surface area contributed by atoms with E-state index in [-0.39, 0.29) is 0 Å². The number of aryl methyl sites for hydroxylation is 1. The summed E-state index contributed by atoms with van der Waals surface area (Å²) in [6.45, 7) is 14.3. The predicted molar refractivity (Wildman–Crippen MR) is 99.0 cm³/mol. The summed E-state index contributed by atoms with van der Waals surface area (Å²) in [5, 5.41) is 0. The summed E-state index contributed by atoms with van der Waals surface area (Å²) in [6, 6.07) is 2.62. The van der Waals surface area contributed by atoms with Crippen molar-refractivity contribution in [1.29, 1.82) is 0 Å². The van der Waals surface area contributed by atoms with Gasteiger partial charge >= 0.3 is 0 Å². The minimum atomic E-state index is 0.359. The molecule has 122 valence electrons. The summed E-state index contributed by atoms with van der Waals surface area (Å²) in [6.07, 6.45) is 2.47. The lowest BCUT2D eigenvalue weighted by Gasteiger charge is -2.31. The highest BCUT2D eigenvalue weighted by molar-refractivity contribution is 9.10. The van der Waals surface area contributed by atoms with Crippen molar-refractivity contribution >= 4 is 27.3 Å². The molecule has 4 heteroatoms. The van der Waals surface area contributed by atoms with Gasteiger partial charge in [-0.2, -0.15) is 0 Å². The zero-order valence-electron chi connectivity index (χ0n) is 14.2. The Labute approximate surface area is 143 Å². The van der Waals surface area contributed by atoms with Gasteiger partial charge in [-0.15, -0.1) is 11.3 Å². The lowest BCUT2D eigenvalue weighted by atomic mass is 10.1. The fraction of sp³-hybridized carbons (Fsp3) is 0.765. The Morgan fingerprint density at radius 2 is 1.67 bits per heavy atom. The third-order valence-electron chi connectivity index (χ3n) is 3.86. The second-order valence-corrected chi connectivity index (χ2v) is 8.85. The zero-order valence-corrected chi connectivity index (χ0v) is 16.6. The van der Waals surface area contributed by atoms with E-state index in [1.807, 2.05) is 11.3 Å². The lowest BCUT2D eigenvalue weighted by Crippen LogP contribution is -2.35. The highest BCUT2D eigenvalue weighted by atomic mass is 79.9. The van der Waals surface area contributed by atoms with E-state index in [2.05, 4.69) is 61.5 Å². The second kappa shape index (κ2) is 9.29. The van der Waals surface area contributed by atoms with Crippen LogP contribution in [0.1, 0.15) is 56.3 Å². The molecule has 0 saturated carbocycles.